The lowest BCUT2D eigenvalue weighted by Gasteiger charge is -2.32. The molecule has 1 heterocycles. The van der Waals surface area contributed by atoms with Crippen LogP contribution in [0.1, 0.15) is 23.2 Å². The smallest absolute Gasteiger partial charge is 0.252 e. The zero-order valence-electron chi connectivity index (χ0n) is 12.9. The number of nitrogens with zero attached hydrogens (tertiary/aromatic N) is 2. The van der Waals surface area contributed by atoms with Gasteiger partial charge in [0.15, 0.2) is 0 Å². The van der Waals surface area contributed by atoms with Crippen molar-refractivity contribution < 1.29 is 9.18 Å². The fraction of sp³-hybridized carbons (Fsp3) is 0.562. The van der Waals surface area contributed by atoms with Crippen molar-refractivity contribution in [1.29, 1.82) is 0 Å². The molecule has 1 aliphatic rings. The van der Waals surface area contributed by atoms with Gasteiger partial charge in [0.2, 0.25) is 0 Å². The second-order valence-corrected chi connectivity index (χ2v) is 6.14. The lowest BCUT2D eigenvalue weighted by atomic mass is 10.2. The van der Waals surface area contributed by atoms with Crippen molar-refractivity contribution in [3.8, 4) is 0 Å². The number of amides is 1. The maximum absolute atomic E-state index is 12.9. The summed E-state index contributed by atoms with van der Waals surface area (Å²) in [6.07, 6.45) is 1.98. The number of hydrogen-bond acceptors (Lipinski definition) is 3. The average Bonchev–Trinajstić information content (AvgIpc) is 2.48. The number of benzene rings is 1. The molecule has 0 radical (unpaired) electrons. The number of likely N-dealkylation sites (N-methyl/N-ethyl adjacent to an activating group) is 1. The Hall–Kier alpha value is -1.17. The van der Waals surface area contributed by atoms with Crippen LogP contribution in [0.5, 0.6) is 0 Å². The minimum absolute atomic E-state index is 0.148. The molecule has 1 aliphatic heterocycles. The average molecular weight is 328 g/mol. The van der Waals surface area contributed by atoms with Crippen molar-refractivity contribution in [3.05, 3.63) is 34.6 Å². The van der Waals surface area contributed by atoms with Gasteiger partial charge in [-0.25, -0.2) is 4.39 Å². The highest BCUT2D eigenvalue weighted by atomic mass is 35.5. The Balaban J connectivity index is 1.63. The summed E-state index contributed by atoms with van der Waals surface area (Å²) in [5.41, 5.74) is 0.321. The number of hydrogen-bond donors (Lipinski definition) is 1. The fourth-order valence-corrected chi connectivity index (χ4v) is 2.76. The van der Waals surface area contributed by atoms with Gasteiger partial charge in [0.1, 0.15) is 5.82 Å². The van der Waals surface area contributed by atoms with Crippen molar-refractivity contribution in [1.82, 2.24) is 15.1 Å². The molecule has 0 saturated carbocycles. The molecule has 2 rings (SSSR count). The molecule has 6 heteroatoms. The van der Waals surface area contributed by atoms with E-state index in [1.165, 1.54) is 12.1 Å². The zero-order chi connectivity index (χ0) is 15.9. The van der Waals surface area contributed by atoms with Crippen molar-refractivity contribution >= 4 is 17.5 Å². The molecular formula is C16H23ClFN3O. The normalized spacial score (nSPS) is 16.7. The predicted octanol–water partition coefficient (Wildman–Crippen LogP) is 2.24. The first kappa shape index (κ1) is 17.2. The molecule has 1 fully saturated rings. The van der Waals surface area contributed by atoms with Crippen LogP contribution in [0.15, 0.2) is 18.2 Å². The van der Waals surface area contributed by atoms with Crippen molar-refractivity contribution in [2.24, 2.45) is 0 Å². The summed E-state index contributed by atoms with van der Waals surface area (Å²) in [5, 5.41) is 2.98. The summed E-state index contributed by atoms with van der Waals surface area (Å²) in [4.78, 5) is 16.7. The number of unbranched alkanes of at least 4 members (excludes halogenated alkanes) is 1. The van der Waals surface area contributed by atoms with Gasteiger partial charge in [-0.05, 0) is 44.6 Å². The lowest BCUT2D eigenvalue weighted by molar-refractivity contribution is 0.0952. The van der Waals surface area contributed by atoms with Gasteiger partial charge >= 0.3 is 0 Å². The highest BCUT2D eigenvalue weighted by Crippen LogP contribution is 2.16. The van der Waals surface area contributed by atoms with E-state index in [-0.39, 0.29) is 10.9 Å². The first-order chi connectivity index (χ1) is 10.6. The van der Waals surface area contributed by atoms with E-state index in [2.05, 4.69) is 22.2 Å². The Morgan fingerprint density at radius 3 is 2.68 bits per heavy atom. The first-order valence-corrected chi connectivity index (χ1v) is 8.08. The molecule has 0 aliphatic carbocycles. The van der Waals surface area contributed by atoms with E-state index in [0.29, 0.717) is 12.1 Å². The maximum Gasteiger partial charge on any atom is 0.252 e. The van der Waals surface area contributed by atoms with Crippen LogP contribution in [0.2, 0.25) is 5.02 Å². The molecular weight excluding hydrogens is 305 g/mol. The van der Waals surface area contributed by atoms with E-state index in [4.69, 9.17) is 11.6 Å². The molecule has 1 aromatic rings. The molecule has 122 valence electrons. The molecule has 4 nitrogen and oxygen atoms in total. The third-order valence-corrected chi connectivity index (χ3v) is 4.27. The number of halogens is 2. The number of carbonyl (C=O) groups is 1. The van der Waals surface area contributed by atoms with Gasteiger partial charge in [-0.3, -0.25) is 4.79 Å². The van der Waals surface area contributed by atoms with E-state index in [1.54, 1.807) is 0 Å². The van der Waals surface area contributed by atoms with Crippen LogP contribution >= 0.6 is 11.6 Å². The topological polar surface area (TPSA) is 35.6 Å². The summed E-state index contributed by atoms with van der Waals surface area (Å²) in [7, 11) is 2.15. The summed E-state index contributed by atoms with van der Waals surface area (Å²) < 4.78 is 12.9. The quantitative estimate of drug-likeness (QED) is 0.814. The van der Waals surface area contributed by atoms with Gasteiger partial charge in [0.25, 0.3) is 5.91 Å². The fourth-order valence-electron chi connectivity index (χ4n) is 2.50. The largest absolute Gasteiger partial charge is 0.352 e. The minimum Gasteiger partial charge on any atom is -0.352 e. The molecule has 0 atom stereocenters. The van der Waals surface area contributed by atoms with Crippen molar-refractivity contribution in [2.75, 3.05) is 46.3 Å². The Labute approximate surface area is 136 Å². The highest BCUT2D eigenvalue weighted by molar-refractivity contribution is 6.33. The van der Waals surface area contributed by atoms with E-state index in [9.17, 15) is 9.18 Å². The first-order valence-electron chi connectivity index (χ1n) is 7.70. The Morgan fingerprint density at radius 1 is 1.27 bits per heavy atom. The van der Waals surface area contributed by atoms with Crippen LogP contribution in [0.3, 0.4) is 0 Å². The van der Waals surface area contributed by atoms with Crippen LogP contribution in [0, 0.1) is 5.82 Å². The van der Waals surface area contributed by atoms with E-state index in [1.807, 2.05) is 0 Å². The molecule has 22 heavy (non-hydrogen) atoms. The monoisotopic (exact) mass is 327 g/mol. The second kappa shape index (κ2) is 8.46. The summed E-state index contributed by atoms with van der Waals surface area (Å²) in [5.74, 6) is -0.682. The highest BCUT2D eigenvalue weighted by Gasteiger charge is 2.13. The van der Waals surface area contributed by atoms with E-state index >= 15 is 0 Å². The third kappa shape index (κ3) is 5.23. The van der Waals surface area contributed by atoms with Crippen LogP contribution in [-0.4, -0.2) is 62.0 Å². The van der Waals surface area contributed by atoms with E-state index in [0.717, 1.165) is 51.6 Å². The second-order valence-electron chi connectivity index (χ2n) is 5.73. The number of rotatable bonds is 6. The van der Waals surface area contributed by atoms with E-state index < -0.39 is 5.82 Å². The zero-order valence-corrected chi connectivity index (χ0v) is 13.7. The summed E-state index contributed by atoms with van der Waals surface area (Å²) >= 11 is 5.87. The van der Waals surface area contributed by atoms with Gasteiger partial charge in [-0.2, -0.15) is 0 Å². The minimum atomic E-state index is -0.436. The molecule has 1 saturated heterocycles. The molecule has 1 amide bonds. The Kier molecular flexibility index (Phi) is 6.61. The SMILES string of the molecule is CN1CCN(CCCCNC(=O)c2ccc(F)cc2Cl)CC1. The van der Waals surface area contributed by atoms with Crippen molar-refractivity contribution in [3.63, 3.8) is 0 Å². The lowest BCUT2D eigenvalue weighted by Crippen LogP contribution is -2.44. The van der Waals surface area contributed by atoms with Gasteiger partial charge < -0.3 is 15.1 Å². The number of nitrogens with one attached hydrogen (secondary N) is 1. The maximum atomic E-state index is 12.9. The summed E-state index contributed by atoms with van der Waals surface area (Å²) in [6.45, 7) is 6.17. The van der Waals surface area contributed by atoms with Crippen LogP contribution in [0.4, 0.5) is 4.39 Å². The van der Waals surface area contributed by atoms with Crippen LogP contribution in [0.25, 0.3) is 0 Å². The van der Waals surface area contributed by atoms with Crippen LogP contribution < -0.4 is 5.32 Å². The van der Waals surface area contributed by atoms with Gasteiger partial charge in [0.05, 0.1) is 10.6 Å². The third-order valence-electron chi connectivity index (χ3n) is 3.96. The predicted molar refractivity (Wildman–Crippen MR) is 86.9 cm³/mol. The van der Waals surface area contributed by atoms with Gasteiger partial charge in [-0.15, -0.1) is 0 Å². The standard InChI is InChI=1S/C16H23ClFN3O/c1-20-8-10-21(11-9-20)7-3-2-6-19-16(22)14-5-4-13(18)12-15(14)17/h4-5,12H,2-3,6-11H2,1H3,(H,19,22). The summed E-state index contributed by atoms with van der Waals surface area (Å²) in [6, 6.07) is 3.81. The van der Waals surface area contributed by atoms with Gasteiger partial charge in [-0.1, -0.05) is 11.6 Å². The molecule has 1 aromatic carbocycles. The number of piperazine rings is 1. The molecule has 0 bridgehead atoms. The molecule has 1 N–H and O–H groups in total. The Morgan fingerprint density at radius 2 is 2.00 bits per heavy atom. The molecule has 0 spiro atoms. The van der Waals surface area contributed by atoms with Crippen LogP contribution in [-0.2, 0) is 0 Å². The molecule has 0 aromatic heterocycles. The van der Waals surface area contributed by atoms with Crippen molar-refractivity contribution in [2.45, 2.75) is 12.8 Å². The van der Waals surface area contributed by atoms with Gasteiger partial charge in [0, 0.05) is 32.7 Å². The molecule has 0 unspecified atom stereocenters. The number of carbonyl (C=O) groups excluding carboxylic acids is 1. The Bertz CT molecular complexity index is 504.